The minimum absolute atomic E-state index is 0.0207. The molecule has 0 unspecified atom stereocenters. The first-order chi connectivity index (χ1) is 8.97. The fourth-order valence-electron chi connectivity index (χ4n) is 2.23. The van der Waals surface area contributed by atoms with Crippen LogP contribution in [0.3, 0.4) is 0 Å². The Hall–Kier alpha value is -1.66. The topological polar surface area (TPSA) is 65.8 Å². The van der Waals surface area contributed by atoms with Crippen LogP contribution in [0.5, 0.6) is 0 Å². The predicted octanol–water partition coefficient (Wildman–Crippen LogP) is 0.153. The third-order valence-corrected chi connectivity index (χ3v) is 3.51. The van der Waals surface area contributed by atoms with E-state index in [0.29, 0.717) is 12.1 Å². The Balaban J connectivity index is 2.00. The second kappa shape index (κ2) is 5.54. The summed E-state index contributed by atoms with van der Waals surface area (Å²) in [6.45, 7) is 4.03. The third-order valence-electron chi connectivity index (χ3n) is 3.51. The number of aromatic carboxylic acids is 1. The molecule has 0 aromatic carbocycles. The van der Waals surface area contributed by atoms with Crippen molar-refractivity contribution in [2.24, 2.45) is 7.05 Å². The van der Waals surface area contributed by atoms with Gasteiger partial charge in [-0.2, -0.15) is 0 Å². The Morgan fingerprint density at radius 3 is 2.37 bits per heavy atom. The van der Waals surface area contributed by atoms with Crippen LogP contribution in [0.25, 0.3) is 0 Å². The highest BCUT2D eigenvalue weighted by atomic mass is 16.4. The molecule has 104 valence electrons. The predicted molar refractivity (Wildman–Crippen MR) is 70.6 cm³/mol. The minimum Gasteiger partial charge on any atom is -0.477 e. The molecule has 1 aliphatic rings. The molecule has 1 aromatic heterocycles. The first-order valence-electron chi connectivity index (χ1n) is 6.31. The van der Waals surface area contributed by atoms with Crippen molar-refractivity contribution in [1.29, 1.82) is 0 Å². The number of Topliss-reactive ketones (excluding diaryl/α,β-unsaturated/α-hetero) is 1. The molecule has 0 bridgehead atoms. The van der Waals surface area contributed by atoms with E-state index in [2.05, 4.69) is 16.8 Å². The Morgan fingerprint density at radius 2 is 1.84 bits per heavy atom. The van der Waals surface area contributed by atoms with Crippen LogP contribution in [0.15, 0.2) is 12.3 Å². The van der Waals surface area contributed by atoms with E-state index in [1.54, 1.807) is 13.2 Å². The summed E-state index contributed by atoms with van der Waals surface area (Å²) < 4.78 is 1.47. The molecule has 0 spiro atoms. The van der Waals surface area contributed by atoms with Crippen LogP contribution in [0.4, 0.5) is 0 Å². The van der Waals surface area contributed by atoms with Gasteiger partial charge in [-0.1, -0.05) is 0 Å². The monoisotopic (exact) mass is 265 g/mol. The molecule has 1 aliphatic heterocycles. The number of aromatic nitrogens is 1. The Labute approximate surface area is 112 Å². The van der Waals surface area contributed by atoms with E-state index in [4.69, 9.17) is 5.11 Å². The van der Waals surface area contributed by atoms with Gasteiger partial charge in [0.05, 0.1) is 6.54 Å². The van der Waals surface area contributed by atoms with Crippen LogP contribution >= 0.6 is 0 Å². The second-order valence-corrected chi connectivity index (χ2v) is 5.03. The molecule has 6 heteroatoms. The average molecular weight is 265 g/mol. The van der Waals surface area contributed by atoms with E-state index in [-0.39, 0.29) is 11.5 Å². The van der Waals surface area contributed by atoms with E-state index in [0.717, 1.165) is 26.2 Å². The van der Waals surface area contributed by atoms with E-state index in [9.17, 15) is 9.59 Å². The van der Waals surface area contributed by atoms with Gasteiger partial charge in [-0.05, 0) is 13.1 Å². The number of piperazine rings is 1. The van der Waals surface area contributed by atoms with E-state index in [1.807, 2.05) is 0 Å². The van der Waals surface area contributed by atoms with Gasteiger partial charge in [-0.3, -0.25) is 9.69 Å². The SMILES string of the molecule is CN1CCN(CC(=O)c2cc(C(=O)O)n(C)c2)CC1. The van der Waals surface area contributed by atoms with Crippen molar-refractivity contribution in [3.63, 3.8) is 0 Å². The summed E-state index contributed by atoms with van der Waals surface area (Å²) in [5, 5.41) is 8.96. The summed E-state index contributed by atoms with van der Waals surface area (Å²) in [5.74, 6) is -1.03. The van der Waals surface area contributed by atoms with Crippen molar-refractivity contribution in [3.05, 3.63) is 23.5 Å². The van der Waals surface area contributed by atoms with E-state index in [1.165, 1.54) is 10.6 Å². The number of rotatable bonds is 4. The number of hydrogen-bond donors (Lipinski definition) is 1. The number of carboxylic acids is 1. The lowest BCUT2D eigenvalue weighted by Crippen LogP contribution is -2.46. The quantitative estimate of drug-likeness (QED) is 0.785. The van der Waals surface area contributed by atoms with Crippen LogP contribution in [-0.4, -0.2) is 71.0 Å². The van der Waals surface area contributed by atoms with Gasteiger partial charge in [0, 0.05) is 45.0 Å². The first kappa shape index (κ1) is 13.8. The number of ketones is 1. The van der Waals surface area contributed by atoms with Gasteiger partial charge in [0.1, 0.15) is 5.69 Å². The van der Waals surface area contributed by atoms with Crippen LogP contribution in [0.2, 0.25) is 0 Å². The van der Waals surface area contributed by atoms with Gasteiger partial charge < -0.3 is 14.6 Å². The standard InChI is InChI=1S/C13H19N3O3/c1-14-3-5-16(6-4-14)9-12(17)10-7-11(13(18)19)15(2)8-10/h7-8H,3-6,9H2,1-2H3,(H,18,19). The summed E-state index contributed by atoms with van der Waals surface area (Å²) in [6, 6.07) is 1.45. The highest BCUT2D eigenvalue weighted by Crippen LogP contribution is 2.10. The maximum absolute atomic E-state index is 12.1. The fraction of sp³-hybridized carbons (Fsp3) is 0.538. The molecule has 19 heavy (non-hydrogen) atoms. The van der Waals surface area contributed by atoms with Crippen LogP contribution in [0.1, 0.15) is 20.8 Å². The van der Waals surface area contributed by atoms with Gasteiger partial charge in [-0.25, -0.2) is 4.79 Å². The highest BCUT2D eigenvalue weighted by molar-refractivity contribution is 6.00. The Morgan fingerprint density at radius 1 is 1.21 bits per heavy atom. The Bertz CT molecular complexity index is 487. The molecule has 0 saturated carbocycles. The molecular formula is C13H19N3O3. The second-order valence-electron chi connectivity index (χ2n) is 5.03. The molecule has 0 atom stereocenters. The summed E-state index contributed by atoms with van der Waals surface area (Å²) >= 11 is 0. The molecule has 1 aromatic rings. The summed E-state index contributed by atoms with van der Waals surface area (Å²) in [7, 11) is 3.70. The third kappa shape index (κ3) is 3.21. The van der Waals surface area contributed by atoms with Gasteiger partial charge in [0.15, 0.2) is 5.78 Å². The van der Waals surface area contributed by atoms with Crippen molar-refractivity contribution < 1.29 is 14.7 Å². The zero-order valence-corrected chi connectivity index (χ0v) is 11.3. The number of carbonyl (C=O) groups is 2. The molecule has 0 aliphatic carbocycles. The lowest BCUT2D eigenvalue weighted by Gasteiger charge is -2.31. The molecule has 1 N–H and O–H groups in total. The highest BCUT2D eigenvalue weighted by Gasteiger charge is 2.19. The van der Waals surface area contributed by atoms with Crippen molar-refractivity contribution in [2.75, 3.05) is 39.8 Å². The molecule has 6 nitrogen and oxygen atoms in total. The van der Waals surface area contributed by atoms with Gasteiger partial charge >= 0.3 is 5.97 Å². The zero-order valence-electron chi connectivity index (χ0n) is 11.3. The normalized spacial score (nSPS) is 17.6. The summed E-state index contributed by atoms with van der Waals surface area (Å²) in [6.07, 6.45) is 1.59. The van der Waals surface area contributed by atoms with Crippen molar-refractivity contribution in [3.8, 4) is 0 Å². The smallest absolute Gasteiger partial charge is 0.352 e. The zero-order chi connectivity index (χ0) is 14.0. The lowest BCUT2D eigenvalue weighted by atomic mass is 10.2. The molecule has 1 fully saturated rings. The molecule has 2 rings (SSSR count). The van der Waals surface area contributed by atoms with Crippen LogP contribution in [0, 0.1) is 0 Å². The summed E-state index contributed by atoms with van der Waals surface area (Å²) in [4.78, 5) is 27.4. The number of nitrogens with zero attached hydrogens (tertiary/aromatic N) is 3. The number of hydrogen-bond acceptors (Lipinski definition) is 4. The van der Waals surface area contributed by atoms with E-state index >= 15 is 0 Å². The molecule has 0 amide bonds. The molecule has 2 heterocycles. The molecular weight excluding hydrogens is 246 g/mol. The van der Waals surface area contributed by atoms with Crippen molar-refractivity contribution >= 4 is 11.8 Å². The maximum Gasteiger partial charge on any atom is 0.352 e. The Kier molecular flexibility index (Phi) is 4.01. The van der Waals surface area contributed by atoms with Crippen LogP contribution in [-0.2, 0) is 7.05 Å². The minimum atomic E-state index is -1.01. The van der Waals surface area contributed by atoms with Gasteiger partial charge in [0.25, 0.3) is 0 Å². The van der Waals surface area contributed by atoms with Crippen molar-refractivity contribution in [1.82, 2.24) is 14.4 Å². The number of carbonyl (C=O) groups excluding carboxylic acids is 1. The largest absolute Gasteiger partial charge is 0.477 e. The lowest BCUT2D eigenvalue weighted by molar-refractivity contribution is 0.0686. The number of aryl methyl sites for hydroxylation is 1. The van der Waals surface area contributed by atoms with Gasteiger partial charge in [-0.15, -0.1) is 0 Å². The van der Waals surface area contributed by atoms with Crippen molar-refractivity contribution in [2.45, 2.75) is 0 Å². The molecule has 0 radical (unpaired) electrons. The average Bonchev–Trinajstić information content (AvgIpc) is 2.74. The van der Waals surface area contributed by atoms with Crippen LogP contribution < -0.4 is 0 Å². The number of likely N-dealkylation sites (N-methyl/N-ethyl adjacent to an activating group) is 1. The fourth-order valence-corrected chi connectivity index (χ4v) is 2.23. The van der Waals surface area contributed by atoms with E-state index < -0.39 is 5.97 Å². The summed E-state index contributed by atoms with van der Waals surface area (Å²) in [5.41, 5.74) is 0.612. The number of carboxylic acid groups (broad SMARTS) is 1. The first-order valence-corrected chi connectivity index (χ1v) is 6.31. The van der Waals surface area contributed by atoms with Gasteiger partial charge in [0.2, 0.25) is 0 Å². The molecule has 1 saturated heterocycles. The maximum atomic E-state index is 12.1.